The molecule has 0 saturated carbocycles. The summed E-state index contributed by atoms with van der Waals surface area (Å²) in [5.41, 5.74) is 0.369. The average molecular weight is 469 g/mol. The molecule has 0 bridgehead atoms. The molecule has 31 heavy (non-hydrogen) atoms. The molecule has 2 aliphatic heterocycles. The highest BCUT2D eigenvalue weighted by Gasteiger charge is 2.48. The highest BCUT2D eigenvalue weighted by atomic mass is 35.5. The van der Waals surface area contributed by atoms with Gasteiger partial charge in [-0.25, -0.2) is 13.6 Å². The summed E-state index contributed by atoms with van der Waals surface area (Å²) in [4.78, 5) is 43.3. The van der Waals surface area contributed by atoms with Crippen LogP contribution in [-0.2, 0) is 22.7 Å². The molecule has 7 nitrogen and oxygen atoms in total. The van der Waals surface area contributed by atoms with Crippen molar-refractivity contribution < 1.29 is 23.2 Å². The Morgan fingerprint density at radius 1 is 1.16 bits per heavy atom. The van der Waals surface area contributed by atoms with E-state index >= 15 is 0 Å². The molecule has 4 amide bonds. The third-order valence-corrected chi connectivity index (χ3v) is 6.49. The lowest BCUT2D eigenvalue weighted by Gasteiger charge is -2.35. The van der Waals surface area contributed by atoms with Crippen LogP contribution < -0.4 is 5.32 Å². The number of nitrogens with one attached hydrogen (secondary N) is 1. The lowest BCUT2D eigenvalue weighted by Crippen LogP contribution is -2.52. The second-order valence-electron chi connectivity index (χ2n) is 7.38. The fourth-order valence-corrected chi connectivity index (χ4v) is 4.84. The zero-order chi connectivity index (χ0) is 22.1. The first-order valence-electron chi connectivity index (χ1n) is 9.61. The number of rotatable bonds is 6. The van der Waals surface area contributed by atoms with Crippen LogP contribution in [0.15, 0.2) is 30.3 Å². The molecule has 1 aromatic carbocycles. The van der Waals surface area contributed by atoms with Crippen molar-refractivity contribution in [2.24, 2.45) is 0 Å². The third kappa shape index (κ3) is 4.70. The molecule has 2 aliphatic rings. The number of fused-ring (bicyclic) bond motifs is 1. The van der Waals surface area contributed by atoms with Crippen molar-refractivity contribution in [2.75, 3.05) is 26.2 Å². The van der Waals surface area contributed by atoms with Gasteiger partial charge < -0.3 is 10.2 Å². The molecule has 2 saturated heterocycles. The number of imide groups is 1. The number of hydrogen-bond acceptors (Lipinski definition) is 5. The second kappa shape index (κ2) is 8.89. The highest BCUT2D eigenvalue weighted by Crippen LogP contribution is 2.26. The Morgan fingerprint density at radius 3 is 2.68 bits per heavy atom. The molecular weight excluding hydrogens is 450 g/mol. The van der Waals surface area contributed by atoms with Crippen LogP contribution in [0.3, 0.4) is 0 Å². The Labute approximate surface area is 186 Å². The smallest absolute Gasteiger partial charge is 0.328 e. The summed E-state index contributed by atoms with van der Waals surface area (Å²) in [6.45, 7) is 1.55. The van der Waals surface area contributed by atoms with Gasteiger partial charge in [0.25, 0.3) is 5.91 Å². The van der Waals surface area contributed by atoms with Crippen LogP contribution in [-0.4, -0.2) is 64.8 Å². The molecule has 3 heterocycles. The number of benzene rings is 1. The largest absolute Gasteiger partial charge is 0.350 e. The number of amides is 4. The second-order valence-corrected chi connectivity index (χ2v) is 9.18. The van der Waals surface area contributed by atoms with Gasteiger partial charge in [-0.15, -0.1) is 11.3 Å². The summed E-state index contributed by atoms with van der Waals surface area (Å²) in [5, 5.41) is 2.52. The molecule has 11 heteroatoms. The van der Waals surface area contributed by atoms with Crippen LogP contribution in [0.4, 0.5) is 13.6 Å². The van der Waals surface area contributed by atoms with Gasteiger partial charge in [0.05, 0.1) is 4.34 Å². The van der Waals surface area contributed by atoms with E-state index in [1.807, 2.05) is 12.1 Å². The predicted molar refractivity (Wildman–Crippen MR) is 110 cm³/mol. The summed E-state index contributed by atoms with van der Waals surface area (Å²) in [5.74, 6) is -2.96. The molecule has 2 fully saturated rings. The molecule has 164 valence electrons. The molecule has 1 atom stereocenters. The number of carbonyl (C=O) groups is 3. The highest BCUT2D eigenvalue weighted by molar-refractivity contribution is 7.16. The number of piperazine rings is 1. The minimum Gasteiger partial charge on any atom is -0.350 e. The minimum atomic E-state index is -1.01. The number of hydrogen-bond donors (Lipinski definition) is 1. The van der Waals surface area contributed by atoms with E-state index in [-0.39, 0.29) is 6.54 Å². The lowest BCUT2D eigenvalue weighted by atomic mass is 10.2. The van der Waals surface area contributed by atoms with Crippen LogP contribution in [0.5, 0.6) is 0 Å². The van der Waals surface area contributed by atoms with Crippen molar-refractivity contribution in [3.8, 4) is 0 Å². The topological polar surface area (TPSA) is 73.0 Å². The Bertz CT molecular complexity index is 1030. The fourth-order valence-electron chi connectivity index (χ4n) is 3.70. The average Bonchev–Trinajstić information content (AvgIpc) is 3.25. The van der Waals surface area contributed by atoms with E-state index in [9.17, 15) is 23.2 Å². The maximum atomic E-state index is 13.3. The number of thiophene rings is 1. The van der Waals surface area contributed by atoms with E-state index in [2.05, 4.69) is 10.2 Å². The number of halogens is 3. The van der Waals surface area contributed by atoms with Crippen molar-refractivity contribution in [3.05, 3.63) is 56.7 Å². The maximum Gasteiger partial charge on any atom is 0.328 e. The van der Waals surface area contributed by atoms with Gasteiger partial charge in [-0.1, -0.05) is 17.7 Å². The third-order valence-electron chi connectivity index (χ3n) is 5.28. The molecule has 1 aromatic heterocycles. The monoisotopic (exact) mass is 468 g/mol. The Morgan fingerprint density at radius 2 is 1.97 bits per heavy atom. The predicted octanol–water partition coefficient (Wildman–Crippen LogP) is 2.44. The molecular formula is C20H19ClF2N4O3S. The minimum absolute atomic E-state index is 0.0451. The number of carbonyl (C=O) groups excluding carboxylic acids is 3. The van der Waals surface area contributed by atoms with Gasteiger partial charge in [0.2, 0.25) is 5.91 Å². The van der Waals surface area contributed by atoms with Gasteiger partial charge in [-0.2, -0.15) is 0 Å². The van der Waals surface area contributed by atoms with Crippen LogP contribution in [0.1, 0.15) is 10.4 Å². The number of nitrogens with zero attached hydrogens (tertiary/aromatic N) is 3. The first-order chi connectivity index (χ1) is 14.8. The van der Waals surface area contributed by atoms with E-state index < -0.39 is 42.1 Å². The summed E-state index contributed by atoms with van der Waals surface area (Å²) in [6, 6.07) is 5.94. The zero-order valence-corrected chi connectivity index (χ0v) is 17.9. The summed E-state index contributed by atoms with van der Waals surface area (Å²) < 4.78 is 27.0. The van der Waals surface area contributed by atoms with E-state index in [1.165, 1.54) is 22.3 Å². The normalized spacial score (nSPS) is 19.1. The Balaban J connectivity index is 1.33. The van der Waals surface area contributed by atoms with E-state index in [1.54, 1.807) is 0 Å². The summed E-state index contributed by atoms with van der Waals surface area (Å²) >= 11 is 7.44. The van der Waals surface area contributed by atoms with Crippen molar-refractivity contribution in [3.63, 3.8) is 0 Å². The van der Waals surface area contributed by atoms with Crippen LogP contribution in [0, 0.1) is 11.6 Å². The zero-order valence-electron chi connectivity index (χ0n) is 16.3. The Hall–Kier alpha value is -2.56. The van der Waals surface area contributed by atoms with E-state index in [4.69, 9.17) is 11.6 Å². The summed E-state index contributed by atoms with van der Waals surface area (Å²) in [6.07, 6.45) is 0. The quantitative estimate of drug-likeness (QED) is 0.661. The molecule has 1 N–H and O–H groups in total. The number of urea groups is 1. The SMILES string of the molecule is O=C(CN1C(=O)C2CN(Cc3ccc(Cl)s3)CCN2C1=O)NCc1ccc(F)c(F)c1. The van der Waals surface area contributed by atoms with Crippen molar-refractivity contribution in [1.29, 1.82) is 0 Å². The summed E-state index contributed by atoms with van der Waals surface area (Å²) in [7, 11) is 0. The molecule has 2 aromatic rings. The fraction of sp³-hybridized carbons (Fsp3) is 0.350. The molecule has 4 rings (SSSR count). The molecule has 1 unspecified atom stereocenters. The lowest BCUT2D eigenvalue weighted by molar-refractivity contribution is -0.133. The first kappa shape index (κ1) is 21.7. The standard InChI is InChI=1S/C20H19ClF2N4O3S/c21-17-4-2-13(31-17)9-25-5-6-26-16(10-25)19(29)27(20(26)30)11-18(28)24-8-12-1-3-14(22)15(23)7-12/h1-4,7,16H,5-6,8-11H2,(H,24,28). The van der Waals surface area contributed by atoms with E-state index in [0.717, 1.165) is 21.9 Å². The first-order valence-corrected chi connectivity index (χ1v) is 10.8. The van der Waals surface area contributed by atoms with Crippen LogP contribution in [0.2, 0.25) is 4.34 Å². The Kier molecular flexibility index (Phi) is 6.22. The maximum absolute atomic E-state index is 13.3. The van der Waals surface area contributed by atoms with Gasteiger partial charge in [0.1, 0.15) is 12.6 Å². The van der Waals surface area contributed by atoms with Crippen molar-refractivity contribution >= 4 is 40.8 Å². The molecule has 0 aliphatic carbocycles. The van der Waals surface area contributed by atoms with Crippen LogP contribution in [0.25, 0.3) is 0 Å². The van der Waals surface area contributed by atoms with Crippen LogP contribution >= 0.6 is 22.9 Å². The van der Waals surface area contributed by atoms with E-state index in [0.29, 0.717) is 36.1 Å². The molecule has 0 spiro atoms. The van der Waals surface area contributed by atoms with Gasteiger partial charge in [-0.3, -0.25) is 19.4 Å². The van der Waals surface area contributed by atoms with Gasteiger partial charge in [0, 0.05) is 37.6 Å². The van der Waals surface area contributed by atoms with Gasteiger partial charge in [0.15, 0.2) is 11.6 Å². The van der Waals surface area contributed by atoms with Gasteiger partial charge in [-0.05, 0) is 29.8 Å². The van der Waals surface area contributed by atoms with Gasteiger partial charge >= 0.3 is 6.03 Å². The van der Waals surface area contributed by atoms with Crippen molar-refractivity contribution in [2.45, 2.75) is 19.1 Å². The molecule has 0 radical (unpaired) electrons. The van der Waals surface area contributed by atoms with Crippen molar-refractivity contribution in [1.82, 2.24) is 20.0 Å².